The maximum atomic E-state index is 11.6. The van der Waals surface area contributed by atoms with Crippen LogP contribution in [0.1, 0.15) is 20.3 Å². The summed E-state index contributed by atoms with van der Waals surface area (Å²) in [4.78, 5) is 11.6. The summed E-state index contributed by atoms with van der Waals surface area (Å²) in [5.41, 5.74) is 0. The SMILES string of the molecule is CCOC(=O)C(CC)Oc1ccc(OCCCl)cc1. The topological polar surface area (TPSA) is 44.8 Å². The van der Waals surface area contributed by atoms with Crippen LogP contribution in [-0.2, 0) is 9.53 Å². The van der Waals surface area contributed by atoms with Gasteiger partial charge in [-0.25, -0.2) is 4.79 Å². The number of hydrogen-bond acceptors (Lipinski definition) is 4. The molecule has 106 valence electrons. The quantitative estimate of drug-likeness (QED) is 0.544. The van der Waals surface area contributed by atoms with Crippen LogP contribution in [0.5, 0.6) is 11.5 Å². The highest BCUT2D eigenvalue weighted by Gasteiger charge is 2.19. The van der Waals surface area contributed by atoms with Gasteiger partial charge < -0.3 is 14.2 Å². The molecule has 19 heavy (non-hydrogen) atoms. The summed E-state index contributed by atoms with van der Waals surface area (Å²) in [6.07, 6.45) is -0.0156. The molecule has 0 aromatic heterocycles. The average molecular weight is 287 g/mol. The molecule has 1 rings (SSSR count). The van der Waals surface area contributed by atoms with E-state index in [-0.39, 0.29) is 5.97 Å². The summed E-state index contributed by atoms with van der Waals surface area (Å²) in [7, 11) is 0. The zero-order valence-corrected chi connectivity index (χ0v) is 12.0. The highest BCUT2D eigenvalue weighted by molar-refractivity contribution is 6.18. The number of ether oxygens (including phenoxy) is 3. The molecule has 0 saturated carbocycles. The minimum absolute atomic E-state index is 0.340. The Morgan fingerprint density at radius 1 is 1.21 bits per heavy atom. The summed E-state index contributed by atoms with van der Waals surface area (Å²) in [6, 6.07) is 7.07. The van der Waals surface area contributed by atoms with E-state index in [2.05, 4.69) is 0 Å². The molecule has 1 atom stereocenters. The largest absolute Gasteiger partial charge is 0.492 e. The van der Waals surface area contributed by atoms with Crippen molar-refractivity contribution < 1.29 is 19.0 Å². The fraction of sp³-hybridized carbons (Fsp3) is 0.500. The lowest BCUT2D eigenvalue weighted by Gasteiger charge is -2.16. The monoisotopic (exact) mass is 286 g/mol. The molecule has 1 unspecified atom stereocenters. The van der Waals surface area contributed by atoms with Crippen molar-refractivity contribution in [2.75, 3.05) is 19.1 Å². The van der Waals surface area contributed by atoms with Crippen LogP contribution < -0.4 is 9.47 Å². The molecule has 0 fully saturated rings. The lowest BCUT2D eigenvalue weighted by molar-refractivity contribution is -0.151. The van der Waals surface area contributed by atoms with E-state index < -0.39 is 6.10 Å². The number of carbonyl (C=O) groups excluding carboxylic acids is 1. The number of halogens is 1. The molecular weight excluding hydrogens is 268 g/mol. The molecule has 5 heteroatoms. The number of benzene rings is 1. The maximum Gasteiger partial charge on any atom is 0.347 e. The van der Waals surface area contributed by atoms with Crippen LogP contribution in [0.25, 0.3) is 0 Å². The number of rotatable bonds is 8. The van der Waals surface area contributed by atoms with Gasteiger partial charge >= 0.3 is 5.97 Å². The number of hydrogen-bond donors (Lipinski definition) is 0. The van der Waals surface area contributed by atoms with Crippen molar-refractivity contribution in [3.63, 3.8) is 0 Å². The van der Waals surface area contributed by atoms with E-state index in [0.717, 1.165) is 5.75 Å². The minimum Gasteiger partial charge on any atom is -0.492 e. The van der Waals surface area contributed by atoms with Crippen molar-refractivity contribution in [1.82, 2.24) is 0 Å². The number of esters is 1. The molecule has 0 bridgehead atoms. The summed E-state index contributed by atoms with van der Waals surface area (Å²) in [5, 5.41) is 0. The first-order valence-electron chi connectivity index (χ1n) is 6.33. The molecular formula is C14H19ClO4. The fourth-order valence-electron chi connectivity index (χ4n) is 1.47. The van der Waals surface area contributed by atoms with E-state index in [1.54, 1.807) is 31.2 Å². The van der Waals surface area contributed by atoms with Crippen LogP contribution in [0.15, 0.2) is 24.3 Å². The van der Waals surface area contributed by atoms with Gasteiger partial charge in [0.25, 0.3) is 0 Å². The van der Waals surface area contributed by atoms with E-state index in [4.69, 9.17) is 25.8 Å². The van der Waals surface area contributed by atoms with Crippen LogP contribution in [0.2, 0.25) is 0 Å². The first kappa shape index (κ1) is 15.6. The first-order chi connectivity index (χ1) is 9.21. The van der Waals surface area contributed by atoms with Crippen LogP contribution in [0.3, 0.4) is 0 Å². The van der Waals surface area contributed by atoms with E-state index in [1.165, 1.54) is 0 Å². The van der Waals surface area contributed by atoms with E-state index in [9.17, 15) is 4.79 Å². The molecule has 0 saturated heterocycles. The summed E-state index contributed by atoms with van der Waals surface area (Å²) < 4.78 is 15.9. The van der Waals surface area contributed by atoms with Crippen molar-refractivity contribution >= 4 is 17.6 Å². The molecule has 1 aromatic carbocycles. The lowest BCUT2D eigenvalue weighted by Crippen LogP contribution is -2.28. The Bertz CT molecular complexity index is 378. The second-order valence-corrected chi connectivity index (χ2v) is 4.15. The van der Waals surface area contributed by atoms with Gasteiger partial charge in [-0.1, -0.05) is 6.92 Å². The van der Waals surface area contributed by atoms with Crippen molar-refractivity contribution in [3.05, 3.63) is 24.3 Å². The molecule has 0 amide bonds. The van der Waals surface area contributed by atoms with Gasteiger partial charge in [-0.3, -0.25) is 0 Å². The minimum atomic E-state index is -0.574. The summed E-state index contributed by atoms with van der Waals surface area (Å²) >= 11 is 5.53. The Morgan fingerprint density at radius 3 is 2.37 bits per heavy atom. The highest BCUT2D eigenvalue weighted by Crippen LogP contribution is 2.19. The zero-order chi connectivity index (χ0) is 14.1. The standard InChI is InChI=1S/C14H19ClO4/c1-3-13(14(16)17-4-2)19-12-7-5-11(6-8-12)18-10-9-15/h5-8,13H,3-4,9-10H2,1-2H3. The lowest BCUT2D eigenvalue weighted by atomic mass is 10.2. The second-order valence-electron chi connectivity index (χ2n) is 3.78. The Morgan fingerprint density at radius 2 is 1.84 bits per heavy atom. The molecule has 0 aliphatic carbocycles. The van der Waals surface area contributed by atoms with Gasteiger partial charge in [0.05, 0.1) is 12.5 Å². The molecule has 0 aliphatic heterocycles. The van der Waals surface area contributed by atoms with Crippen molar-refractivity contribution in [3.8, 4) is 11.5 Å². The molecule has 4 nitrogen and oxygen atoms in total. The molecule has 0 aliphatic rings. The van der Waals surface area contributed by atoms with Crippen LogP contribution >= 0.6 is 11.6 Å². The van der Waals surface area contributed by atoms with Gasteiger partial charge in [0.15, 0.2) is 6.10 Å². The zero-order valence-electron chi connectivity index (χ0n) is 11.2. The van der Waals surface area contributed by atoms with Gasteiger partial charge in [0, 0.05) is 0 Å². The normalized spacial score (nSPS) is 11.7. The van der Waals surface area contributed by atoms with Gasteiger partial charge in [0.1, 0.15) is 18.1 Å². The smallest absolute Gasteiger partial charge is 0.347 e. The molecule has 0 N–H and O–H groups in total. The van der Waals surface area contributed by atoms with E-state index >= 15 is 0 Å². The fourth-order valence-corrected chi connectivity index (χ4v) is 1.55. The van der Waals surface area contributed by atoms with Crippen molar-refractivity contribution in [2.45, 2.75) is 26.4 Å². The number of alkyl halides is 1. The van der Waals surface area contributed by atoms with Gasteiger partial charge in [0.2, 0.25) is 0 Å². The maximum absolute atomic E-state index is 11.6. The molecule has 0 heterocycles. The van der Waals surface area contributed by atoms with Gasteiger partial charge in [-0.05, 0) is 37.6 Å². The number of carbonyl (C=O) groups is 1. The van der Waals surface area contributed by atoms with E-state index in [1.807, 2.05) is 6.92 Å². The third-order valence-electron chi connectivity index (χ3n) is 2.37. The van der Waals surface area contributed by atoms with Crippen LogP contribution in [-0.4, -0.2) is 31.2 Å². The third kappa shape index (κ3) is 5.39. The highest BCUT2D eigenvalue weighted by atomic mass is 35.5. The summed E-state index contributed by atoms with van der Waals surface area (Å²) in [5.74, 6) is 1.43. The van der Waals surface area contributed by atoms with Crippen molar-refractivity contribution in [1.29, 1.82) is 0 Å². The predicted molar refractivity (Wildman–Crippen MR) is 74.0 cm³/mol. The predicted octanol–water partition coefficient (Wildman–Crippen LogP) is 3.02. The van der Waals surface area contributed by atoms with Crippen molar-refractivity contribution in [2.24, 2.45) is 0 Å². The van der Waals surface area contributed by atoms with Crippen LogP contribution in [0.4, 0.5) is 0 Å². The van der Waals surface area contributed by atoms with Crippen LogP contribution in [0, 0.1) is 0 Å². The molecule has 1 aromatic rings. The Balaban J connectivity index is 2.57. The third-order valence-corrected chi connectivity index (χ3v) is 2.52. The Kier molecular flexibility index (Phi) is 7.11. The first-order valence-corrected chi connectivity index (χ1v) is 6.86. The molecule has 0 spiro atoms. The van der Waals surface area contributed by atoms with Gasteiger partial charge in [-0.15, -0.1) is 11.6 Å². The van der Waals surface area contributed by atoms with E-state index in [0.29, 0.717) is 31.3 Å². The average Bonchev–Trinajstić information content (AvgIpc) is 2.44. The molecule has 0 radical (unpaired) electrons. The summed E-state index contributed by atoms with van der Waals surface area (Å²) in [6.45, 7) is 4.46. The van der Waals surface area contributed by atoms with Gasteiger partial charge in [-0.2, -0.15) is 0 Å². The second kappa shape index (κ2) is 8.64. The Labute approximate surface area is 118 Å². The Hall–Kier alpha value is -1.42.